The Bertz CT molecular complexity index is 1160. The number of unbranched alkanes of at least 4 members (excludes halogenated alkanes) is 1. The highest BCUT2D eigenvalue weighted by molar-refractivity contribution is 14.1. The number of fused-ring (bicyclic) bond motifs is 1. The van der Waals surface area contributed by atoms with E-state index in [2.05, 4.69) is 50.5 Å². The van der Waals surface area contributed by atoms with Gasteiger partial charge in [-0.1, -0.05) is 29.3 Å². The lowest BCUT2D eigenvalue weighted by Crippen LogP contribution is -2.22. The molecular weight excluding hydrogens is 573 g/mol. The minimum Gasteiger partial charge on any atom is -0.490 e. The first-order valence-corrected chi connectivity index (χ1v) is 12.2. The molecule has 0 bridgehead atoms. The number of hydrogen-bond donors (Lipinski definition) is 0. The van der Waals surface area contributed by atoms with Crippen LogP contribution in [-0.2, 0) is 6.42 Å². The van der Waals surface area contributed by atoms with E-state index in [0.717, 1.165) is 32.2 Å². The van der Waals surface area contributed by atoms with E-state index in [1.165, 1.54) is 4.68 Å². The van der Waals surface area contributed by atoms with Crippen molar-refractivity contribution >= 4 is 55.6 Å². The maximum Gasteiger partial charge on any atom is 0.282 e. The van der Waals surface area contributed by atoms with E-state index < -0.39 is 0 Å². The average molecular weight is 598 g/mol. The molecule has 3 aromatic rings. The summed E-state index contributed by atoms with van der Waals surface area (Å²) in [7, 11) is 0. The van der Waals surface area contributed by atoms with Crippen LogP contribution in [0.3, 0.4) is 0 Å². The Balaban J connectivity index is 2.09. The standard InChI is InChI=1S/C23H25BrIN3O3/c1-4-7-8-21-27-19-10-9-16(24)13-17(19)23(29)28(21)26-14-15-11-18(25)22(31-6-3)20(12-15)30-5-2/h9-14H,4-8H2,1-3H3. The Hall–Kier alpha value is -1.94. The topological polar surface area (TPSA) is 65.7 Å². The van der Waals surface area contributed by atoms with E-state index in [0.29, 0.717) is 42.1 Å². The van der Waals surface area contributed by atoms with Crippen molar-refractivity contribution in [2.75, 3.05) is 13.2 Å². The summed E-state index contributed by atoms with van der Waals surface area (Å²) < 4.78 is 14.7. The molecule has 31 heavy (non-hydrogen) atoms. The maximum absolute atomic E-state index is 13.2. The SMILES string of the molecule is CCCCc1nc2ccc(Br)cc2c(=O)n1N=Cc1cc(I)c(OCC)c(OCC)c1. The summed E-state index contributed by atoms with van der Waals surface area (Å²) in [5.41, 5.74) is 1.32. The van der Waals surface area contributed by atoms with Crippen molar-refractivity contribution in [1.82, 2.24) is 9.66 Å². The van der Waals surface area contributed by atoms with Crippen LogP contribution < -0.4 is 15.0 Å². The fraction of sp³-hybridized carbons (Fsp3) is 0.348. The molecule has 3 rings (SSSR count). The molecule has 0 N–H and O–H groups in total. The van der Waals surface area contributed by atoms with E-state index in [9.17, 15) is 4.79 Å². The first kappa shape index (κ1) is 23.7. The van der Waals surface area contributed by atoms with Gasteiger partial charge in [0.2, 0.25) is 0 Å². The molecule has 0 amide bonds. The number of aryl methyl sites for hydroxylation is 1. The van der Waals surface area contributed by atoms with Crippen molar-refractivity contribution < 1.29 is 9.47 Å². The molecule has 0 aliphatic heterocycles. The predicted molar refractivity (Wildman–Crippen MR) is 137 cm³/mol. The smallest absolute Gasteiger partial charge is 0.282 e. The molecule has 2 aromatic carbocycles. The Morgan fingerprint density at radius 2 is 1.94 bits per heavy atom. The molecule has 1 aromatic heterocycles. The molecule has 0 atom stereocenters. The summed E-state index contributed by atoms with van der Waals surface area (Å²) in [4.78, 5) is 17.9. The first-order valence-electron chi connectivity index (χ1n) is 10.3. The zero-order valence-electron chi connectivity index (χ0n) is 17.8. The van der Waals surface area contributed by atoms with Gasteiger partial charge in [-0.25, -0.2) is 4.98 Å². The van der Waals surface area contributed by atoms with Crippen LogP contribution in [0.25, 0.3) is 10.9 Å². The van der Waals surface area contributed by atoms with Crippen molar-refractivity contribution in [1.29, 1.82) is 0 Å². The zero-order chi connectivity index (χ0) is 22.4. The van der Waals surface area contributed by atoms with Gasteiger partial charge in [-0.15, -0.1) is 0 Å². The normalized spacial score (nSPS) is 11.4. The van der Waals surface area contributed by atoms with Crippen LogP contribution in [0.5, 0.6) is 11.5 Å². The molecule has 0 saturated heterocycles. The van der Waals surface area contributed by atoms with Crippen molar-refractivity contribution in [3.05, 3.63) is 60.1 Å². The highest BCUT2D eigenvalue weighted by Crippen LogP contribution is 2.33. The molecule has 0 radical (unpaired) electrons. The number of hydrogen-bond acceptors (Lipinski definition) is 5. The molecule has 0 fully saturated rings. The maximum atomic E-state index is 13.2. The van der Waals surface area contributed by atoms with Crippen molar-refractivity contribution in [3.8, 4) is 11.5 Å². The third-order valence-electron chi connectivity index (χ3n) is 4.57. The Labute approximate surface area is 203 Å². The molecule has 8 heteroatoms. The van der Waals surface area contributed by atoms with Gasteiger partial charge in [-0.2, -0.15) is 9.78 Å². The lowest BCUT2D eigenvalue weighted by atomic mass is 10.2. The van der Waals surface area contributed by atoms with Crippen molar-refractivity contribution in [3.63, 3.8) is 0 Å². The third kappa shape index (κ3) is 5.65. The van der Waals surface area contributed by atoms with Gasteiger partial charge < -0.3 is 9.47 Å². The second kappa shape index (κ2) is 11.1. The van der Waals surface area contributed by atoms with E-state index in [1.54, 1.807) is 12.3 Å². The molecule has 0 spiro atoms. The van der Waals surface area contributed by atoms with Gasteiger partial charge >= 0.3 is 0 Å². The Morgan fingerprint density at radius 3 is 2.65 bits per heavy atom. The predicted octanol–water partition coefficient (Wildman–Crippen LogP) is 5.79. The summed E-state index contributed by atoms with van der Waals surface area (Å²) >= 11 is 5.66. The van der Waals surface area contributed by atoms with Gasteiger partial charge in [0, 0.05) is 10.9 Å². The number of nitrogens with zero attached hydrogens (tertiary/aromatic N) is 3. The molecule has 164 valence electrons. The van der Waals surface area contributed by atoms with Crippen LogP contribution >= 0.6 is 38.5 Å². The minimum absolute atomic E-state index is 0.181. The zero-order valence-corrected chi connectivity index (χ0v) is 21.6. The van der Waals surface area contributed by atoms with Gasteiger partial charge in [0.25, 0.3) is 5.56 Å². The summed E-state index contributed by atoms with van der Waals surface area (Å²) in [5, 5.41) is 5.06. The quantitative estimate of drug-likeness (QED) is 0.231. The van der Waals surface area contributed by atoms with E-state index in [4.69, 9.17) is 14.5 Å². The summed E-state index contributed by atoms with van der Waals surface area (Å²) in [5.74, 6) is 2.04. The highest BCUT2D eigenvalue weighted by atomic mass is 127. The Kier molecular flexibility index (Phi) is 8.48. The summed E-state index contributed by atoms with van der Waals surface area (Å²) in [6.07, 6.45) is 4.29. The van der Waals surface area contributed by atoms with E-state index in [-0.39, 0.29) is 5.56 Å². The molecule has 1 heterocycles. The molecule has 0 aliphatic carbocycles. The average Bonchev–Trinajstić information content (AvgIpc) is 2.75. The number of benzene rings is 2. The molecule has 0 aliphatic rings. The van der Waals surface area contributed by atoms with Crippen LogP contribution in [0, 0.1) is 3.57 Å². The number of halogens is 2. The lowest BCUT2D eigenvalue weighted by molar-refractivity contribution is 0.286. The van der Waals surface area contributed by atoms with Gasteiger partial charge in [-0.3, -0.25) is 4.79 Å². The third-order valence-corrected chi connectivity index (χ3v) is 5.87. The van der Waals surface area contributed by atoms with Crippen LogP contribution in [-0.4, -0.2) is 29.1 Å². The second-order valence-electron chi connectivity index (χ2n) is 6.85. The monoisotopic (exact) mass is 597 g/mol. The van der Waals surface area contributed by atoms with Gasteiger partial charge in [0.1, 0.15) is 5.82 Å². The van der Waals surface area contributed by atoms with Gasteiger partial charge in [-0.05, 0) is 78.8 Å². The molecule has 6 nitrogen and oxygen atoms in total. The van der Waals surface area contributed by atoms with Crippen molar-refractivity contribution in [2.45, 2.75) is 40.0 Å². The number of rotatable bonds is 9. The van der Waals surface area contributed by atoms with Gasteiger partial charge in [0.15, 0.2) is 11.5 Å². The van der Waals surface area contributed by atoms with Crippen LogP contribution in [0.15, 0.2) is 44.7 Å². The second-order valence-corrected chi connectivity index (χ2v) is 8.93. The van der Waals surface area contributed by atoms with Crippen LogP contribution in [0.4, 0.5) is 0 Å². The highest BCUT2D eigenvalue weighted by Gasteiger charge is 2.13. The van der Waals surface area contributed by atoms with E-state index in [1.807, 2.05) is 38.1 Å². The first-order chi connectivity index (χ1) is 15.0. The minimum atomic E-state index is -0.181. The lowest BCUT2D eigenvalue weighted by Gasteiger charge is -2.13. The largest absolute Gasteiger partial charge is 0.490 e. The van der Waals surface area contributed by atoms with Gasteiger partial charge in [0.05, 0.1) is 33.9 Å². The van der Waals surface area contributed by atoms with Crippen LogP contribution in [0.2, 0.25) is 0 Å². The fourth-order valence-corrected chi connectivity index (χ4v) is 4.29. The number of aromatic nitrogens is 2. The summed E-state index contributed by atoms with van der Waals surface area (Å²) in [6, 6.07) is 9.37. The fourth-order valence-electron chi connectivity index (χ4n) is 3.14. The molecular formula is C23H25BrIN3O3. The number of ether oxygens (including phenoxy) is 2. The molecule has 0 unspecified atom stereocenters. The van der Waals surface area contributed by atoms with Crippen LogP contribution in [0.1, 0.15) is 45.0 Å². The molecule has 0 saturated carbocycles. The summed E-state index contributed by atoms with van der Waals surface area (Å²) in [6.45, 7) is 7.07. The van der Waals surface area contributed by atoms with Crippen molar-refractivity contribution in [2.24, 2.45) is 5.10 Å². The van der Waals surface area contributed by atoms with E-state index >= 15 is 0 Å². The Morgan fingerprint density at radius 1 is 1.16 bits per heavy atom.